The quantitative estimate of drug-likeness (QED) is 0.430. The second-order valence-corrected chi connectivity index (χ2v) is 10.1. The van der Waals surface area contributed by atoms with Crippen LogP contribution in [0.4, 0.5) is 4.39 Å². The van der Waals surface area contributed by atoms with Gasteiger partial charge in [0, 0.05) is 24.4 Å². The van der Waals surface area contributed by atoms with Crippen molar-refractivity contribution < 1.29 is 17.5 Å². The molecular formula is C23H30ClFN4O3S. The largest absolute Gasteiger partial charge is 0.481 e. The highest BCUT2D eigenvalue weighted by atomic mass is 35.5. The van der Waals surface area contributed by atoms with Crippen molar-refractivity contribution >= 4 is 21.4 Å². The highest BCUT2D eigenvalue weighted by molar-refractivity contribution is 7.90. The number of hydrogen-bond donors (Lipinski definition) is 1. The minimum atomic E-state index is -3.15. The summed E-state index contributed by atoms with van der Waals surface area (Å²) < 4.78 is 39.6. The van der Waals surface area contributed by atoms with E-state index in [-0.39, 0.29) is 10.7 Å². The van der Waals surface area contributed by atoms with E-state index in [1.54, 1.807) is 6.07 Å². The Bertz CT molecular complexity index is 1120. The van der Waals surface area contributed by atoms with Gasteiger partial charge in [-0.3, -0.25) is 0 Å². The zero-order valence-corrected chi connectivity index (χ0v) is 21.0. The lowest BCUT2D eigenvalue weighted by Gasteiger charge is -2.21. The van der Waals surface area contributed by atoms with Crippen LogP contribution in [0.5, 0.6) is 5.88 Å². The molecule has 10 heteroatoms. The second-order valence-electron chi connectivity index (χ2n) is 7.74. The average Bonchev–Trinajstić information content (AvgIpc) is 3.18. The van der Waals surface area contributed by atoms with E-state index in [9.17, 15) is 12.8 Å². The number of halogens is 2. The number of rotatable bonds is 8. The molecule has 0 aliphatic rings. The van der Waals surface area contributed by atoms with Crippen molar-refractivity contribution in [1.82, 2.24) is 19.9 Å². The number of pyridine rings is 2. The minimum absolute atomic E-state index is 0.198. The number of sulfone groups is 1. The molecular weight excluding hydrogens is 467 g/mol. The van der Waals surface area contributed by atoms with Crippen LogP contribution >= 0.6 is 11.6 Å². The zero-order valence-electron chi connectivity index (χ0n) is 19.5. The Hall–Kier alpha value is -2.52. The normalized spacial score (nSPS) is 13.1. The molecule has 0 bridgehead atoms. The number of H-pyrrole nitrogens is 1. The SMILES string of the molecule is CCC[C@@H](c1[nH]c(-c2ccc(F)cn2)nc1Cl)[C@@H](C)CC.COc1ccc(S(C)(=O)=O)cn1. The molecule has 0 aliphatic heterocycles. The van der Waals surface area contributed by atoms with Crippen molar-refractivity contribution in [3.05, 3.63) is 53.3 Å². The molecule has 33 heavy (non-hydrogen) atoms. The lowest BCUT2D eigenvalue weighted by molar-refractivity contribution is 0.397. The molecule has 0 fully saturated rings. The van der Waals surface area contributed by atoms with Crippen LogP contribution in [0.25, 0.3) is 11.5 Å². The van der Waals surface area contributed by atoms with E-state index in [2.05, 4.69) is 40.7 Å². The third-order valence-corrected chi connectivity index (χ3v) is 6.69. The molecule has 3 rings (SSSR count). The van der Waals surface area contributed by atoms with Gasteiger partial charge in [-0.05, 0) is 30.5 Å². The van der Waals surface area contributed by atoms with Gasteiger partial charge in [0.25, 0.3) is 0 Å². The highest BCUT2D eigenvalue weighted by Crippen LogP contribution is 2.35. The molecule has 1 N–H and O–H groups in total. The number of methoxy groups -OCH3 is 1. The molecule has 7 nitrogen and oxygen atoms in total. The van der Waals surface area contributed by atoms with Crippen molar-refractivity contribution in [2.45, 2.75) is 50.8 Å². The number of imidazole rings is 1. The molecule has 3 aromatic rings. The summed E-state index contributed by atoms with van der Waals surface area (Å²) in [4.78, 5) is 15.7. The third kappa shape index (κ3) is 7.50. The number of nitrogens with one attached hydrogen (secondary N) is 1. The lowest BCUT2D eigenvalue weighted by atomic mass is 9.86. The Morgan fingerprint density at radius 1 is 1.15 bits per heavy atom. The first-order valence-corrected chi connectivity index (χ1v) is 12.9. The highest BCUT2D eigenvalue weighted by Gasteiger charge is 2.23. The molecule has 180 valence electrons. The second kappa shape index (κ2) is 12.1. The summed E-state index contributed by atoms with van der Waals surface area (Å²) in [6.45, 7) is 6.58. The Morgan fingerprint density at radius 2 is 1.88 bits per heavy atom. The lowest BCUT2D eigenvalue weighted by Crippen LogP contribution is -2.10. The van der Waals surface area contributed by atoms with Gasteiger partial charge in [-0.2, -0.15) is 0 Å². The van der Waals surface area contributed by atoms with Crippen LogP contribution in [-0.2, 0) is 9.84 Å². The van der Waals surface area contributed by atoms with Gasteiger partial charge in [-0.25, -0.2) is 27.8 Å². The van der Waals surface area contributed by atoms with Crippen LogP contribution < -0.4 is 4.74 Å². The summed E-state index contributed by atoms with van der Waals surface area (Å²) in [6.07, 6.45) is 6.83. The molecule has 0 saturated heterocycles. The summed E-state index contributed by atoms with van der Waals surface area (Å²) in [5, 5.41) is 0.495. The van der Waals surface area contributed by atoms with Crippen molar-refractivity contribution in [3.8, 4) is 17.4 Å². The van der Waals surface area contributed by atoms with Gasteiger partial charge in [-0.1, -0.05) is 45.2 Å². The van der Waals surface area contributed by atoms with Crippen molar-refractivity contribution in [1.29, 1.82) is 0 Å². The molecule has 0 amide bonds. The standard InChI is InChI=1S/C16H21ClFN3.C7H9NO3S/c1-4-6-12(10(3)5-2)14-15(17)21-16(20-14)13-8-7-11(18)9-19-13;1-11-7-4-3-6(5-8-7)12(2,9)10/h7-10,12H,4-6H2,1-3H3,(H,20,21);3-5H,1-2H3/t10-,12+;/m0./s1. The van der Waals surface area contributed by atoms with Crippen LogP contribution in [0.15, 0.2) is 41.6 Å². The van der Waals surface area contributed by atoms with Crippen LogP contribution in [0.2, 0.25) is 5.15 Å². The topological polar surface area (TPSA) is 97.8 Å². The Morgan fingerprint density at radius 3 is 2.36 bits per heavy atom. The molecule has 3 heterocycles. The van der Waals surface area contributed by atoms with Gasteiger partial charge >= 0.3 is 0 Å². The third-order valence-electron chi connectivity index (χ3n) is 5.30. The molecule has 0 saturated carbocycles. The summed E-state index contributed by atoms with van der Waals surface area (Å²) in [6, 6.07) is 5.94. The first-order chi connectivity index (χ1) is 15.6. The fourth-order valence-electron chi connectivity index (χ4n) is 3.26. The Kier molecular flexibility index (Phi) is 9.79. The van der Waals surface area contributed by atoms with E-state index in [1.807, 2.05) is 0 Å². The Labute approximate surface area is 199 Å². The smallest absolute Gasteiger partial charge is 0.212 e. The van der Waals surface area contributed by atoms with Gasteiger partial charge in [0.2, 0.25) is 5.88 Å². The van der Waals surface area contributed by atoms with Crippen LogP contribution in [0.1, 0.15) is 51.6 Å². The number of ether oxygens (including phenoxy) is 1. The van der Waals surface area contributed by atoms with Crippen LogP contribution in [0.3, 0.4) is 0 Å². The van der Waals surface area contributed by atoms with E-state index in [4.69, 9.17) is 16.3 Å². The first-order valence-electron chi connectivity index (χ1n) is 10.7. The Balaban J connectivity index is 0.000000273. The maximum absolute atomic E-state index is 12.9. The molecule has 3 aromatic heterocycles. The summed E-state index contributed by atoms with van der Waals surface area (Å²) in [5.74, 6) is 1.52. The maximum atomic E-state index is 12.9. The van der Waals surface area contributed by atoms with Crippen LogP contribution in [-0.4, -0.2) is 41.7 Å². The zero-order chi connectivity index (χ0) is 24.6. The number of aromatic amines is 1. The summed E-state index contributed by atoms with van der Waals surface area (Å²) in [5.41, 5.74) is 1.57. The van der Waals surface area contributed by atoms with Gasteiger partial charge in [0.15, 0.2) is 20.8 Å². The summed E-state index contributed by atoms with van der Waals surface area (Å²) in [7, 11) is -1.67. The summed E-state index contributed by atoms with van der Waals surface area (Å²) >= 11 is 6.31. The van der Waals surface area contributed by atoms with E-state index in [0.717, 1.165) is 31.2 Å². The molecule has 0 aliphatic carbocycles. The van der Waals surface area contributed by atoms with Gasteiger partial charge < -0.3 is 9.72 Å². The number of aromatic nitrogens is 4. The van der Waals surface area contributed by atoms with Crippen LogP contribution in [0, 0.1) is 11.7 Å². The van der Waals surface area contributed by atoms with Crippen molar-refractivity contribution in [3.63, 3.8) is 0 Å². The fraction of sp³-hybridized carbons (Fsp3) is 0.435. The van der Waals surface area contributed by atoms with Crippen molar-refractivity contribution in [2.24, 2.45) is 5.92 Å². The molecule has 0 unspecified atom stereocenters. The van der Waals surface area contributed by atoms with E-state index >= 15 is 0 Å². The number of nitrogens with zero attached hydrogens (tertiary/aromatic N) is 3. The first kappa shape index (κ1) is 26.7. The van der Waals surface area contributed by atoms with E-state index in [0.29, 0.717) is 34.4 Å². The van der Waals surface area contributed by atoms with Gasteiger partial charge in [0.1, 0.15) is 11.5 Å². The molecule has 0 aromatic carbocycles. The fourth-order valence-corrected chi connectivity index (χ4v) is 4.10. The van der Waals surface area contributed by atoms with Crippen molar-refractivity contribution in [2.75, 3.05) is 13.4 Å². The van der Waals surface area contributed by atoms with Gasteiger partial charge in [-0.15, -0.1) is 0 Å². The maximum Gasteiger partial charge on any atom is 0.212 e. The van der Waals surface area contributed by atoms with E-state index < -0.39 is 9.84 Å². The monoisotopic (exact) mass is 496 g/mol. The molecule has 2 atom stereocenters. The van der Waals surface area contributed by atoms with Gasteiger partial charge in [0.05, 0.1) is 23.9 Å². The average molecular weight is 497 g/mol. The minimum Gasteiger partial charge on any atom is -0.481 e. The molecule has 0 spiro atoms. The predicted molar refractivity (Wildman–Crippen MR) is 128 cm³/mol. The number of hydrogen-bond acceptors (Lipinski definition) is 6. The molecule has 0 radical (unpaired) electrons. The van der Waals surface area contributed by atoms with E-state index in [1.165, 1.54) is 37.7 Å². The predicted octanol–water partition coefficient (Wildman–Crippen LogP) is 5.69.